The molecule has 0 atom stereocenters. The molecule has 3 fully saturated rings. The van der Waals surface area contributed by atoms with Gasteiger partial charge in [0.15, 0.2) is 9.84 Å². The number of carboxylic acid groups (broad SMARTS) is 1. The number of carboxylic acids is 1. The number of aliphatic carboxylic acids is 1. The Morgan fingerprint density at radius 1 is 1.08 bits per heavy atom. The van der Waals surface area contributed by atoms with Crippen molar-refractivity contribution in [3.8, 4) is 0 Å². The number of hydrogen-bond donors (Lipinski definition) is 1. The Kier molecular flexibility index (Phi) is 4.65. The summed E-state index contributed by atoms with van der Waals surface area (Å²) in [4.78, 5) is 12.3. The second kappa shape index (κ2) is 6.82. The number of rotatable bonds is 6. The van der Waals surface area contributed by atoms with E-state index >= 15 is 0 Å². The summed E-state index contributed by atoms with van der Waals surface area (Å²) in [6.45, 7) is 1.31. The molecule has 2 aliphatic carbocycles. The third-order valence-corrected chi connectivity index (χ3v) is 7.84. The van der Waals surface area contributed by atoms with Crippen LogP contribution in [0, 0.1) is 5.92 Å². The van der Waals surface area contributed by atoms with Crippen molar-refractivity contribution in [2.75, 3.05) is 13.2 Å². The SMILES string of the molecule is O=C(O)C(=CC1CCOCC1)c1ccc(S(=O)(=O)C2CC2)c(C2CC2)c1. The average molecular weight is 376 g/mol. The molecular formula is C20H24O5S. The fraction of sp³-hybridized carbons (Fsp3) is 0.550. The predicted molar refractivity (Wildman–Crippen MR) is 97.8 cm³/mol. The maximum Gasteiger partial charge on any atom is 0.335 e. The van der Waals surface area contributed by atoms with Crippen LogP contribution in [-0.4, -0.2) is 38.0 Å². The maximum atomic E-state index is 12.7. The summed E-state index contributed by atoms with van der Waals surface area (Å²) in [5.74, 6) is -0.526. The molecule has 4 rings (SSSR count). The molecule has 0 unspecified atom stereocenters. The fourth-order valence-electron chi connectivity index (χ4n) is 3.66. The van der Waals surface area contributed by atoms with Gasteiger partial charge in [-0.15, -0.1) is 0 Å². The Bertz CT molecular complexity index is 841. The molecule has 0 bridgehead atoms. The third-order valence-electron chi connectivity index (χ3n) is 5.51. The molecule has 0 amide bonds. The molecule has 5 nitrogen and oxygen atoms in total. The first-order valence-corrected chi connectivity index (χ1v) is 10.9. The molecule has 1 aromatic rings. The van der Waals surface area contributed by atoms with Gasteiger partial charge in [-0.2, -0.15) is 0 Å². The van der Waals surface area contributed by atoms with E-state index in [1.54, 1.807) is 12.1 Å². The Morgan fingerprint density at radius 3 is 2.35 bits per heavy atom. The Balaban J connectivity index is 1.72. The van der Waals surface area contributed by atoms with Crippen LogP contribution in [0.15, 0.2) is 29.2 Å². The third kappa shape index (κ3) is 3.58. The van der Waals surface area contributed by atoms with Crippen LogP contribution in [0.5, 0.6) is 0 Å². The summed E-state index contributed by atoms with van der Waals surface area (Å²) >= 11 is 0. The number of ether oxygens (including phenoxy) is 1. The molecule has 1 saturated heterocycles. The lowest BCUT2D eigenvalue weighted by Crippen LogP contribution is -2.15. The Hall–Kier alpha value is -1.66. The minimum atomic E-state index is -3.27. The molecule has 0 radical (unpaired) electrons. The summed E-state index contributed by atoms with van der Waals surface area (Å²) < 4.78 is 30.8. The minimum Gasteiger partial charge on any atom is -0.478 e. The lowest BCUT2D eigenvalue weighted by Gasteiger charge is -2.20. The summed E-state index contributed by atoms with van der Waals surface area (Å²) in [5.41, 5.74) is 1.70. The van der Waals surface area contributed by atoms with Crippen molar-refractivity contribution in [3.05, 3.63) is 35.4 Å². The molecule has 6 heteroatoms. The van der Waals surface area contributed by atoms with Gasteiger partial charge in [0.1, 0.15) is 0 Å². The Labute approximate surface area is 154 Å². The highest BCUT2D eigenvalue weighted by atomic mass is 32.2. The van der Waals surface area contributed by atoms with Crippen LogP contribution in [-0.2, 0) is 19.4 Å². The first kappa shape index (κ1) is 17.7. The number of sulfone groups is 1. The van der Waals surface area contributed by atoms with E-state index in [4.69, 9.17) is 4.74 Å². The van der Waals surface area contributed by atoms with E-state index < -0.39 is 15.8 Å². The standard InChI is InChI=1S/C20H24O5S/c21-20(22)18(11-13-7-9-25-10-8-13)15-3-6-19(17(12-15)14-1-2-14)26(23,24)16-4-5-16/h3,6,11-14,16H,1-2,4-5,7-10H2,(H,21,22). The van der Waals surface area contributed by atoms with Crippen LogP contribution in [0.4, 0.5) is 0 Å². The summed E-state index contributed by atoms with van der Waals surface area (Å²) in [6.07, 6.45) is 6.88. The molecule has 0 aromatic heterocycles. The highest BCUT2D eigenvalue weighted by Crippen LogP contribution is 2.46. The van der Waals surface area contributed by atoms with Crippen LogP contribution >= 0.6 is 0 Å². The van der Waals surface area contributed by atoms with Crippen molar-refractivity contribution >= 4 is 21.4 Å². The molecule has 26 heavy (non-hydrogen) atoms. The normalized spacial score (nSPS) is 22.4. The molecule has 2 saturated carbocycles. The average Bonchev–Trinajstić information content (AvgIpc) is 3.50. The topological polar surface area (TPSA) is 80.7 Å². The quantitative estimate of drug-likeness (QED) is 0.770. The van der Waals surface area contributed by atoms with Gasteiger partial charge in [-0.1, -0.05) is 12.1 Å². The van der Waals surface area contributed by atoms with Gasteiger partial charge in [-0.05, 0) is 73.6 Å². The van der Waals surface area contributed by atoms with Gasteiger partial charge < -0.3 is 9.84 Å². The van der Waals surface area contributed by atoms with Gasteiger partial charge in [-0.3, -0.25) is 0 Å². The molecule has 140 valence electrons. The van der Waals surface area contributed by atoms with E-state index in [2.05, 4.69) is 0 Å². The number of benzene rings is 1. The van der Waals surface area contributed by atoms with Gasteiger partial charge in [0, 0.05) is 13.2 Å². The zero-order valence-electron chi connectivity index (χ0n) is 14.7. The number of hydrogen-bond acceptors (Lipinski definition) is 4. The molecule has 0 spiro atoms. The molecular weight excluding hydrogens is 352 g/mol. The van der Waals surface area contributed by atoms with E-state index in [-0.39, 0.29) is 22.7 Å². The molecule has 1 heterocycles. The zero-order chi connectivity index (χ0) is 18.3. The smallest absolute Gasteiger partial charge is 0.335 e. The number of carbonyl (C=O) groups is 1. The van der Waals surface area contributed by atoms with Gasteiger partial charge in [0.25, 0.3) is 0 Å². The summed E-state index contributed by atoms with van der Waals surface area (Å²) in [5, 5.41) is 9.46. The van der Waals surface area contributed by atoms with E-state index in [9.17, 15) is 18.3 Å². The maximum absolute atomic E-state index is 12.7. The summed E-state index contributed by atoms with van der Waals surface area (Å²) in [6, 6.07) is 5.12. The van der Waals surface area contributed by atoms with Crippen LogP contribution in [0.2, 0.25) is 0 Å². The lowest BCUT2D eigenvalue weighted by atomic mass is 9.93. The van der Waals surface area contributed by atoms with Crippen LogP contribution in [0.3, 0.4) is 0 Å². The van der Waals surface area contributed by atoms with Gasteiger partial charge >= 0.3 is 5.97 Å². The van der Waals surface area contributed by atoms with E-state index in [0.717, 1.165) is 44.1 Å². The van der Waals surface area contributed by atoms with Gasteiger partial charge in [0.05, 0.1) is 15.7 Å². The van der Waals surface area contributed by atoms with Crippen molar-refractivity contribution in [2.45, 2.75) is 54.6 Å². The van der Waals surface area contributed by atoms with Crippen molar-refractivity contribution in [1.82, 2.24) is 0 Å². The van der Waals surface area contributed by atoms with Gasteiger partial charge in [-0.25, -0.2) is 13.2 Å². The zero-order valence-corrected chi connectivity index (χ0v) is 15.5. The van der Waals surface area contributed by atoms with Crippen LogP contribution in [0.25, 0.3) is 5.57 Å². The fourth-order valence-corrected chi connectivity index (χ4v) is 5.58. The molecule has 1 aromatic carbocycles. The predicted octanol–water partition coefficient (Wildman–Crippen LogP) is 3.39. The first-order chi connectivity index (χ1) is 12.5. The van der Waals surface area contributed by atoms with Gasteiger partial charge in [0.2, 0.25) is 0 Å². The van der Waals surface area contributed by atoms with E-state index in [1.165, 1.54) is 0 Å². The molecule has 1 aliphatic heterocycles. The first-order valence-electron chi connectivity index (χ1n) is 9.38. The largest absolute Gasteiger partial charge is 0.478 e. The monoisotopic (exact) mass is 376 g/mol. The highest BCUT2D eigenvalue weighted by molar-refractivity contribution is 7.92. The van der Waals surface area contributed by atoms with Crippen molar-refractivity contribution in [1.29, 1.82) is 0 Å². The number of allylic oxidation sites excluding steroid dienone is 1. The van der Waals surface area contributed by atoms with E-state index in [1.807, 2.05) is 12.1 Å². The van der Waals surface area contributed by atoms with Crippen LogP contribution < -0.4 is 0 Å². The second-order valence-corrected chi connectivity index (χ2v) is 9.80. The van der Waals surface area contributed by atoms with Crippen molar-refractivity contribution in [2.24, 2.45) is 5.92 Å². The minimum absolute atomic E-state index is 0.189. The molecule has 1 N–H and O–H groups in total. The Morgan fingerprint density at radius 2 is 1.77 bits per heavy atom. The van der Waals surface area contributed by atoms with Crippen LogP contribution in [0.1, 0.15) is 55.6 Å². The molecule has 3 aliphatic rings. The highest BCUT2D eigenvalue weighted by Gasteiger charge is 2.40. The van der Waals surface area contributed by atoms with Crippen molar-refractivity contribution in [3.63, 3.8) is 0 Å². The van der Waals surface area contributed by atoms with E-state index in [0.29, 0.717) is 23.7 Å². The van der Waals surface area contributed by atoms with Crippen molar-refractivity contribution < 1.29 is 23.1 Å². The lowest BCUT2D eigenvalue weighted by molar-refractivity contribution is -0.130. The summed E-state index contributed by atoms with van der Waals surface area (Å²) in [7, 11) is -3.27. The second-order valence-electron chi connectivity index (χ2n) is 7.61.